The van der Waals surface area contributed by atoms with E-state index < -0.39 is 0 Å². The van der Waals surface area contributed by atoms with E-state index in [9.17, 15) is 4.79 Å². The van der Waals surface area contributed by atoms with Gasteiger partial charge in [-0.15, -0.1) is 11.6 Å². The summed E-state index contributed by atoms with van der Waals surface area (Å²) >= 11 is 6.16. The van der Waals surface area contributed by atoms with Gasteiger partial charge in [0.2, 0.25) is 0 Å². The summed E-state index contributed by atoms with van der Waals surface area (Å²) in [7, 11) is 0. The second kappa shape index (κ2) is 7.12. The van der Waals surface area contributed by atoms with Gasteiger partial charge in [0, 0.05) is 13.0 Å². The second-order valence-corrected chi connectivity index (χ2v) is 3.86. The topological polar surface area (TPSA) is 38.3 Å². The Morgan fingerprint density at radius 3 is 2.75 bits per heavy atom. The van der Waals surface area contributed by atoms with Crippen LogP contribution in [0.1, 0.15) is 24.3 Å². The predicted molar refractivity (Wildman–Crippen MR) is 64.7 cm³/mol. The average Bonchev–Trinajstić information content (AvgIpc) is 2.30. The van der Waals surface area contributed by atoms with E-state index in [4.69, 9.17) is 16.3 Å². The molecule has 0 aromatic heterocycles. The van der Waals surface area contributed by atoms with Crippen molar-refractivity contribution >= 4 is 17.7 Å². The molecule has 1 aromatic rings. The van der Waals surface area contributed by atoms with Crippen molar-refractivity contribution in [2.24, 2.45) is 0 Å². The van der Waals surface area contributed by atoms with Crippen LogP contribution in [0.25, 0.3) is 0 Å². The molecule has 1 N–H and O–H groups in total. The van der Waals surface area contributed by atoms with Crippen LogP contribution in [-0.4, -0.2) is 19.2 Å². The number of halogens is 1. The molecular formula is C12H16ClNO2. The Kier molecular flexibility index (Phi) is 5.72. The SMILES string of the molecule is CCNC(=O)OCCC(Cl)c1ccccc1. The maximum absolute atomic E-state index is 11.0. The van der Waals surface area contributed by atoms with E-state index in [-0.39, 0.29) is 11.5 Å². The van der Waals surface area contributed by atoms with E-state index in [0.717, 1.165) is 5.56 Å². The van der Waals surface area contributed by atoms with Crippen molar-refractivity contribution in [1.29, 1.82) is 0 Å². The second-order valence-electron chi connectivity index (χ2n) is 3.33. The van der Waals surface area contributed by atoms with E-state index in [0.29, 0.717) is 19.6 Å². The Balaban J connectivity index is 2.26. The van der Waals surface area contributed by atoms with E-state index in [1.807, 2.05) is 37.3 Å². The van der Waals surface area contributed by atoms with Gasteiger partial charge in [0.1, 0.15) is 0 Å². The summed E-state index contributed by atoms with van der Waals surface area (Å²) in [6.07, 6.45) is 0.224. The Labute approximate surface area is 101 Å². The molecule has 1 amide bonds. The summed E-state index contributed by atoms with van der Waals surface area (Å²) in [5, 5.41) is 2.44. The van der Waals surface area contributed by atoms with Crippen LogP contribution in [0.2, 0.25) is 0 Å². The summed E-state index contributed by atoms with van der Waals surface area (Å²) < 4.78 is 4.94. The molecule has 1 unspecified atom stereocenters. The lowest BCUT2D eigenvalue weighted by Crippen LogP contribution is -2.24. The smallest absolute Gasteiger partial charge is 0.407 e. The summed E-state index contributed by atoms with van der Waals surface area (Å²) in [5.74, 6) is 0. The fraction of sp³-hybridized carbons (Fsp3) is 0.417. The fourth-order valence-corrected chi connectivity index (χ4v) is 1.51. The maximum Gasteiger partial charge on any atom is 0.407 e. The Morgan fingerprint density at radius 1 is 1.44 bits per heavy atom. The monoisotopic (exact) mass is 241 g/mol. The van der Waals surface area contributed by atoms with E-state index >= 15 is 0 Å². The van der Waals surface area contributed by atoms with Crippen molar-refractivity contribution in [3.63, 3.8) is 0 Å². The van der Waals surface area contributed by atoms with Crippen molar-refractivity contribution in [1.82, 2.24) is 5.32 Å². The molecule has 3 nitrogen and oxygen atoms in total. The molecule has 1 atom stereocenters. The highest BCUT2D eigenvalue weighted by Gasteiger charge is 2.08. The lowest BCUT2D eigenvalue weighted by atomic mass is 10.1. The highest BCUT2D eigenvalue weighted by Crippen LogP contribution is 2.23. The van der Waals surface area contributed by atoms with Crippen LogP contribution in [0.15, 0.2) is 30.3 Å². The Bertz CT molecular complexity index is 316. The molecule has 16 heavy (non-hydrogen) atoms. The summed E-state index contributed by atoms with van der Waals surface area (Å²) in [6.45, 7) is 2.74. The number of rotatable bonds is 5. The van der Waals surface area contributed by atoms with Crippen LogP contribution in [-0.2, 0) is 4.74 Å². The molecule has 0 bridgehead atoms. The van der Waals surface area contributed by atoms with Crippen LogP contribution in [0, 0.1) is 0 Å². The highest BCUT2D eigenvalue weighted by molar-refractivity contribution is 6.20. The zero-order chi connectivity index (χ0) is 11.8. The summed E-state index contributed by atoms with van der Waals surface area (Å²) in [6, 6.07) is 9.75. The predicted octanol–water partition coefficient (Wildman–Crippen LogP) is 3.10. The maximum atomic E-state index is 11.0. The van der Waals surface area contributed by atoms with Crippen molar-refractivity contribution in [2.45, 2.75) is 18.7 Å². The van der Waals surface area contributed by atoms with Gasteiger partial charge in [-0.2, -0.15) is 0 Å². The molecular weight excluding hydrogens is 226 g/mol. The van der Waals surface area contributed by atoms with Gasteiger partial charge in [0.25, 0.3) is 0 Å². The molecule has 0 saturated heterocycles. The number of nitrogens with one attached hydrogen (secondary N) is 1. The Hall–Kier alpha value is -1.22. The molecule has 4 heteroatoms. The number of benzene rings is 1. The van der Waals surface area contributed by atoms with Gasteiger partial charge < -0.3 is 10.1 Å². The van der Waals surface area contributed by atoms with Gasteiger partial charge in [-0.3, -0.25) is 0 Å². The zero-order valence-electron chi connectivity index (χ0n) is 9.28. The molecule has 0 heterocycles. The third kappa shape index (κ3) is 4.53. The zero-order valence-corrected chi connectivity index (χ0v) is 10.0. The number of hydrogen-bond donors (Lipinski definition) is 1. The molecule has 0 aliphatic rings. The number of alkyl carbamates (subject to hydrolysis) is 1. The van der Waals surface area contributed by atoms with Gasteiger partial charge in [0.05, 0.1) is 12.0 Å². The van der Waals surface area contributed by atoms with Crippen LogP contribution in [0.4, 0.5) is 4.79 Å². The number of ether oxygens (including phenoxy) is 1. The van der Waals surface area contributed by atoms with E-state index in [2.05, 4.69) is 5.32 Å². The molecule has 88 valence electrons. The lowest BCUT2D eigenvalue weighted by Gasteiger charge is -2.10. The van der Waals surface area contributed by atoms with Gasteiger partial charge in [-0.1, -0.05) is 30.3 Å². The summed E-state index contributed by atoms with van der Waals surface area (Å²) in [4.78, 5) is 11.0. The quantitative estimate of drug-likeness (QED) is 0.805. The van der Waals surface area contributed by atoms with Crippen molar-refractivity contribution in [3.05, 3.63) is 35.9 Å². The normalized spacial score (nSPS) is 11.9. The molecule has 0 radical (unpaired) electrons. The minimum atomic E-state index is -0.389. The third-order valence-electron chi connectivity index (χ3n) is 2.09. The van der Waals surface area contributed by atoms with Crippen LogP contribution in [0.5, 0.6) is 0 Å². The molecule has 0 aliphatic carbocycles. The van der Waals surface area contributed by atoms with Crippen molar-refractivity contribution < 1.29 is 9.53 Å². The first-order valence-corrected chi connectivity index (χ1v) is 5.77. The molecule has 0 aliphatic heterocycles. The number of hydrogen-bond acceptors (Lipinski definition) is 2. The van der Waals surface area contributed by atoms with E-state index in [1.54, 1.807) is 0 Å². The minimum absolute atomic E-state index is 0.115. The largest absolute Gasteiger partial charge is 0.449 e. The third-order valence-corrected chi connectivity index (χ3v) is 2.56. The van der Waals surface area contributed by atoms with Crippen LogP contribution >= 0.6 is 11.6 Å². The molecule has 0 saturated carbocycles. The standard InChI is InChI=1S/C12H16ClNO2/c1-2-14-12(15)16-9-8-11(13)10-6-4-3-5-7-10/h3-7,11H,2,8-9H2,1H3,(H,14,15). The first kappa shape index (κ1) is 12.8. The molecule has 0 spiro atoms. The number of amides is 1. The van der Waals surface area contributed by atoms with Gasteiger partial charge >= 0.3 is 6.09 Å². The van der Waals surface area contributed by atoms with Gasteiger partial charge in [0.15, 0.2) is 0 Å². The van der Waals surface area contributed by atoms with Crippen molar-refractivity contribution in [2.75, 3.05) is 13.2 Å². The molecule has 1 rings (SSSR count). The first-order chi connectivity index (χ1) is 7.74. The average molecular weight is 242 g/mol. The van der Waals surface area contributed by atoms with Crippen LogP contribution in [0.3, 0.4) is 0 Å². The number of carbonyl (C=O) groups excluding carboxylic acids is 1. The van der Waals surface area contributed by atoms with Crippen LogP contribution < -0.4 is 5.32 Å². The highest BCUT2D eigenvalue weighted by atomic mass is 35.5. The summed E-state index contributed by atoms with van der Waals surface area (Å²) in [5.41, 5.74) is 1.05. The number of alkyl halides is 1. The minimum Gasteiger partial charge on any atom is -0.449 e. The lowest BCUT2D eigenvalue weighted by molar-refractivity contribution is 0.145. The first-order valence-electron chi connectivity index (χ1n) is 5.33. The molecule has 0 fully saturated rings. The van der Waals surface area contributed by atoms with Gasteiger partial charge in [-0.05, 0) is 12.5 Å². The van der Waals surface area contributed by atoms with Gasteiger partial charge in [-0.25, -0.2) is 4.79 Å². The van der Waals surface area contributed by atoms with E-state index in [1.165, 1.54) is 0 Å². The molecule has 1 aromatic carbocycles. The Morgan fingerprint density at radius 2 is 2.12 bits per heavy atom. The fourth-order valence-electron chi connectivity index (χ4n) is 1.28. The number of carbonyl (C=O) groups is 1. The van der Waals surface area contributed by atoms with Crippen molar-refractivity contribution in [3.8, 4) is 0 Å².